The SMILES string of the molecule is CC1(C)CCCC(C)(C)N1C=C(C(=O)[O-])C(=O)C(F)F.[Na+]. The minimum atomic E-state index is -3.35. The number of carbonyl (C=O) groups excluding carboxylic acids is 2. The molecule has 0 spiro atoms. The Morgan fingerprint density at radius 3 is 1.90 bits per heavy atom. The van der Waals surface area contributed by atoms with E-state index < -0.39 is 34.8 Å². The third-order valence-electron chi connectivity index (χ3n) is 3.82. The Balaban J connectivity index is 0.00000400. The van der Waals surface area contributed by atoms with Gasteiger partial charge in [-0.15, -0.1) is 0 Å². The van der Waals surface area contributed by atoms with Crippen molar-refractivity contribution >= 4 is 11.8 Å². The first-order chi connectivity index (χ1) is 8.99. The average Bonchev–Trinajstić information content (AvgIpc) is 2.25. The van der Waals surface area contributed by atoms with Crippen LogP contribution in [0.4, 0.5) is 8.78 Å². The van der Waals surface area contributed by atoms with Crippen LogP contribution < -0.4 is 34.7 Å². The summed E-state index contributed by atoms with van der Waals surface area (Å²) in [5, 5.41) is 11.0. The maximum atomic E-state index is 12.5. The number of rotatable bonds is 4. The molecule has 1 aliphatic heterocycles. The maximum absolute atomic E-state index is 12.5. The number of aliphatic carboxylic acids is 1. The topological polar surface area (TPSA) is 60.4 Å². The minimum Gasteiger partial charge on any atom is -0.545 e. The molecule has 0 N–H and O–H groups in total. The van der Waals surface area contributed by atoms with Gasteiger partial charge in [-0.2, -0.15) is 0 Å². The second kappa shape index (κ2) is 7.20. The van der Waals surface area contributed by atoms with Gasteiger partial charge in [0.15, 0.2) is 0 Å². The van der Waals surface area contributed by atoms with Crippen molar-refractivity contribution in [1.82, 2.24) is 4.90 Å². The van der Waals surface area contributed by atoms with Gasteiger partial charge in [0.05, 0.1) is 11.5 Å². The molecule has 0 unspecified atom stereocenters. The quantitative estimate of drug-likeness (QED) is 0.274. The first kappa shape index (κ1) is 20.5. The molecule has 4 nitrogen and oxygen atoms in total. The Morgan fingerprint density at radius 2 is 1.57 bits per heavy atom. The number of nitrogens with zero attached hydrogens (tertiary/aromatic N) is 1. The van der Waals surface area contributed by atoms with E-state index in [2.05, 4.69) is 0 Å². The Morgan fingerprint density at radius 1 is 1.14 bits per heavy atom. The van der Waals surface area contributed by atoms with E-state index in [1.165, 1.54) is 0 Å². The monoisotopic (exact) mass is 311 g/mol. The normalized spacial score (nSPS) is 20.9. The summed E-state index contributed by atoms with van der Waals surface area (Å²) in [6.07, 6.45) is 0.207. The number of carboxylic acid groups (broad SMARTS) is 1. The second-order valence-corrected chi connectivity index (χ2v) is 6.34. The van der Waals surface area contributed by atoms with Gasteiger partial charge < -0.3 is 14.8 Å². The Bertz CT molecular complexity index is 432. The van der Waals surface area contributed by atoms with Gasteiger partial charge in [0, 0.05) is 17.3 Å². The van der Waals surface area contributed by atoms with Crippen molar-refractivity contribution < 1.29 is 53.0 Å². The van der Waals surface area contributed by atoms with E-state index >= 15 is 0 Å². The molecule has 1 heterocycles. The molecule has 0 amide bonds. The van der Waals surface area contributed by atoms with Crippen molar-refractivity contribution in [3.8, 4) is 0 Å². The molecule has 1 aliphatic rings. The van der Waals surface area contributed by atoms with Crippen molar-refractivity contribution in [2.24, 2.45) is 0 Å². The Labute approximate surface area is 145 Å². The van der Waals surface area contributed by atoms with Gasteiger partial charge in [-0.1, -0.05) is 0 Å². The molecule has 1 saturated heterocycles. The fraction of sp³-hybridized carbons (Fsp3) is 0.714. The first-order valence-corrected chi connectivity index (χ1v) is 6.54. The first-order valence-electron chi connectivity index (χ1n) is 6.54. The molecule has 0 aromatic rings. The standard InChI is InChI=1S/C14H21F2NO3.Na/c1-13(2)6-5-7-14(3,4)17(13)8-9(12(19)20)10(18)11(15)16;/h8,11H,5-7H2,1-4H3,(H,19,20);/q;+1/p-1. The molecule has 7 heteroatoms. The Hall–Kier alpha value is -0.460. The predicted octanol–water partition coefficient (Wildman–Crippen LogP) is -1.50. The number of halogens is 2. The number of hydrogen-bond acceptors (Lipinski definition) is 4. The van der Waals surface area contributed by atoms with E-state index in [0.717, 1.165) is 25.5 Å². The number of ketones is 1. The number of likely N-dealkylation sites (tertiary alicyclic amines) is 1. The molecule has 0 saturated carbocycles. The van der Waals surface area contributed by atoms with Crippen LogP contribution in [-0.2, 0) is 9.59 Å². The molecule has 21 heavy (non-hydrogen) atoms. The molecule has 0 bridgehead atoms. The Kier molecular flexibility index (Phi) is 7.04. The van der Waals surface area contributed by atoms with Gasteiger partial charge in [0.1, 0.15) is 0 Å². The number of Topliss-reactive ketones (excluding diaryl/α,β-unsaturated/α-hetero) is 1. The van der Waals surface area contributed by atoms with Crippen LogP contribution in [0.1, 0.15) is 47.0 Å². The predicted molar refractivity (Wildman–Crippen MR) is 67.9 cm³/mol. The molecule has 0 radical (unpaired) electrons. The van der Waals surface area contributed by atoms with Gasteiger partial charge in [0.2, 0.25) is 5.78 Å². The van der Waals surface area contributed by atoms with Gasteiger partial charge >= 0.3 is 36.0 Å². The molecule has 0 atom stereocenters. The molecular formula is C14H20F2NNaO3. The van der Waals surface area contributed by atoms with Gasteiger partial charge in [0.25, 0.3) is 0 Å². The van der Waals surface area contributed by atoms with Crippen molar-refractivity contribution in [2.75, 3.05) is 0 Å². The zero-order valence-corrected chi connectivity index (χ0v) is 15.2. The van der Waals surface area contributed by atoms with Crippen molar-refractivity contribution in [3.63, 3.8) is 0 Å². The van der Waals surface area contributed by atoms with Crippen LogP contribution >= 0.6 is 0 Å². The van der Waals surface area contributed by atoms with Crippen molar-refractivity contribution in [1.29, 1.82) is 0 Å². The zero-order chi connectivity index (χ0) is 15.7. The van der Waals surface area contributed by atoms with Gasteiger partial charge in [-0.05, 0) is 47.0 Å². The summed E-state index contributed by atoms with van der Waals surface area (Å²) in [5.74, 6) is -3.57. The minimum absolute atomic E-state index is 0. The van der Waals surface area contributed by atoms with E-state index in [0.29, 0.717) is 0 Å². The van der Waals surface area contributed by atoms with E-state index in [1.54, 1.807) is 4.90 Å². The third-order valence-corrected chi connectivity index (χ3v) is 3.82. The largest absolute Gasteiger partial charge is 1.00 e. The molecular weight excluding hydrogens is 291 g/mol. The summed E-state index contributed by atoms with van der Waals surface area (Å²) in [5.41, 5.74) is -1.79. The second-order valence-electron chi connectivity index (χ2n) is 6.34. The molecule has 0 aromatic heterocycles. The third kappa shape index (κ3) is 4.76. The van der Waals surface area contributed by atoms with Crippen molar-refractivity contribution in [3.05, 3.63) is 11.8 Å². The number of piperidine rings is 1. The van der Waals surface area contributed by atoms with Crippen LogP contribution in [0, 0.1) is 0 Å². The van der Waals surface area contributed by atoms with E-state index in [1.807, 2.05) is 27.7 Å². The van der Waals surface area contributed by atoms with Gasteiger partial charge in [-0.25, -0.2) is 8.78 Å². The molecule has 114 valence electrons. The van der Waals surface area contributed by atoms with Crippen molar-refractivity contribution in [2.45, 2.75) is 64.5 Å². The number of carbonyl (C=O) groups is 2. The summed E-state index contributed by atoms with van der Waals surface area (Å²) in [4.78, 5) is 24.0. The molecule has 1 rings (SSSR count). The summed E-state index contributed by atoms with van der Waals surface area (Å²) in [6, 6.07) is 0. The molecule has 1 fully saturated rings. The smallest absolute Gasteiger partial charge is 0.545 e. The van der Waals surface area contributed by atoms with Crippen LogP contribution in [-0.4, -0.2) is 34.2 Å². The summed E-state index contributed by atoms with van der Waals surface area (Å²) < 4.78 is 25.0. The summed E-state index contributed by atoms with van der Waals surface area (Å²) >= 11 is 0. The van der Waals surface area contributed by atoms with Gasteiger partial charge in [-0.3, -0.25) is 4.79 Å². The summed E-state index contributed by atoms with van der Waals surface area (Å²) in [7, 11) is 0. The molecule has 0 aliphatic carbocycles. The zero-order valence-electron chi connectivity index (χ0n) is 13.2. The van der Waals surface area contributed by atoms with Crippen LogP contribution in [0.5, 0.6) is 0 Å². The fourth-order valence-corrected chi connectivity index (χ4v) is 2.83. The fourth-order valence-electron chi connectivity index (χ4n) is 2.83. The van der Waals surface area contributed by atoms with Crippen LogP contribution in [0.2, 0.25) is 0 Å². The number of hydrogen-bond donors (Lipinski definition) is 0. The molecule has 0 aromatic carbocycles. The average molecular weight is 311 g/mol. The van der Waals surface area contributed by atoms with Crippen LogP contribution in [0.15, 0.2) is 11.8 Å². The van der Waals surface area contributed by atoms with E-state index in [4.69, 9.17) is 0 Å². The van der Waals surface area contributed by atoms with E-state index in [9.17, 15) is 23.5 Å². The number of alkyl halides is 2. The van der Waals surface area contributed by atoms with Crippen LogP contribution in [0.25, 0.3) is 0 Å². The maximum Gasteiger partial charge on any atom is 1.00 e. The van der Waals surface area contributed by atoms with E-state index in [-0.39, 0.29) is 29.6 Å². The summed E-state index contributed by atoms with van der Waals surface area (Å²) in [6.45, 7) is 7.57. The number of carboxylic acids is 1. The van der Waals surface area contributed by atoms with Crippen LogP contribution in [0.3, 0.4) is 0 Å².